The maximum Gasteiger partial charge on any atom is 0.354 e. The molecule has 1 N–H and O–H groups in total. The predicted molar refractivity (Wildman–Crippen MR) is 67.1 cm³/mol. The van der Waals surface area contributed by atoms with Gasteiger partial charge in [0.15, 0.2) is 5.69 Å². The van der Waals surface area contributed by atoms with Gasteiger partial charge in [-0.05, 0) is 38.4 Å². The van der Waals surface area contributed by atoms with E-state index in [4.69, 9.17) is 9.84 Å². The zero-order valence-corrected chi connectivity index (χ0v) is 10.7. The van der Waals surface area contributed by atoms with Crippen LogP contribution in [0.4, 0.5) is 0 Å². The number of piperidine rings is 1. The van der Waals surface area contributed by atoms with E-state index in [9.17, 15) is 4.79 Å². The SMILES string of the molecule is Cc1cc(OC2CCN(C)CC2)cnc1C(=O)O. The van der Waals surface area contributed by atoms with Gasteiger partial charge in [0.1, 0.15) is 11.9 Å². The van der Waals surface area contributed by atoms with Crippen molar-refractivity contribution in [3.63, 3.8) is 0 Å². The van der Waals surface area contributed by atoms with Crippen molar-refractivity contribution in [3.05, 3.63) is 23.5 Å². The molecule has 98 valence electrons. The summed E-state index contributed by atoms with van der Waals surface area (Å²) < 4.78 is 5.84. The molecule has 0 bridgehead atoms. The van der Waals surface area contributed by atoms with E-state index in [2.05, 4.69) is 16.9 Å². The summed E-state index contributed by atoms with van der Waals surface area (Å²) in [5, 5.41) is 8.90. The molecule has 5 nitrogen and oxygen atoms in total. The molecular weight excluding hydrogens is 232 g/mol. The Kier molecular flexibility index (Phi) is 3.81. The number of ether oxygens (including phenoxy) is 1. The van der Waals surface area contributed by atoms with Crippen LogP contribution in [0.1, 0.15) is 28.9 Å². The second-order valence-electron chi connectivity index (χ2n) is 4.76. The normalized spacial score (nSPS) is 17.7. The molecule has 1 fully saturated rings. The van der Waals surface area contributed by atoms with Crippen molar-refractivity contribution in [2.24, 2.45) is 0 Å². The van der Waals surface area contributed by atoms with Crippen molar-refractivity contribution < 1.29 is 14.6 Å². The Bertz CT molecular complexity index is 440. The highest BCUT2D eigenvalue weighted by atomic mass is 16.5. The third-order valence-electron chi connectivity index (χ3n) is 3.22. The number of carboxylic acid groups (broad SMARTS) is 1. The minimum atomic E-state index is -1.00. The number of aromatic carboxylic acids is 1. The molecule has 2 heterocycles. The van der Waals surface area contributed by atoms with E-state index in [1.54, 1.807) is 13.0 Å². The lowest BCUT2D eigenvalue weighted by molar-refractivity contribution is 0.0689. The van der Waals surface area contributed by atoms with Crippen LogP contribution in [-0.2, 0) is 0 Å². The first-order valence-corrected chi connectivity index (χ1v) is 6.11. The molecule has 18 heavy (non-hydrogen) atoms. The smallest absolute Gasteiger partial charge is 0.354 e. The molecule has 0 spiro atoms. The third kappa shape index (κ3) is 2.98. The molecule has 1 aliphatic heterocycles. The highest BCUT2D eigenvalue weighted by Crippen LogP contribution is 2.20. The van der Waals surface area contributed by atoms with Gasteiger partial charge < -0.3 is 14.7 Å². The van der Waals surface area contributed by atoms with Gasteiger partial charge in [0.05, 0.1) is 6.20 Å². The maximum atomic E-state index is 10.9. The second kappa shape index (κ2) is 5.35. The lowest BCUT2D eigenvalue weighted by Crippen LogP contribution is -2.35. The summed E-state index contributed by atoms with van der Waals surface area (Å²) in [7, 11) is 2.10. The van der Waals surface area contributed by atoms with E-state index in [1.165, 1.54) is 6.20 Å². The van der Waals surface area contributed by atoms with Crippen LogP contribution in [0.25, 0.3) is 0 Å². The van der Waals surface area contributed by atoms with Crippen LogP contribution in [0.2, 0.25) is 0 Å². The molecule has 0 atom stereocenters. The minimum absolute atomic E-state index is 0.0886. The minimum Gasteiger partial charge on any atom is -0.489 e. The summed E-state index contributed by atoms with van der Waals surface area (Å²) in [6.07, 6.45) is 3.69. The molecule has 1 aromatic rings. The Morgan fingerprint density at radius 3 is 2.72 bits per heavy atom. The van der Waals surface area contributed by atoms with Crippen molar-refractivity contribution >= 4 is 5.97 Å². The fraction of sp³-hybridized carbons (Fsp3) is 0.538. The Morgan fingerprint density at radius 2 is 2.17 bits per heavy atom. The fourth-order valence-electron chi connectivity index (χ4n) is 2.13. The third-order valence-corrected chi connectivity index (χ3v) is 3.22. The average Bonchev–Trinajstić information content (AvgIpc) is 2.32. The number of likely N-dealkylation sites (tertiary alicyclic amines) is 1. The lowest BCUT2D eigenvalue weighted by atomic mass is 10.1. The van der Waals surface area contributed by atoms with E-state index >= 15 is 0 Å². The molecule has 5 heteroatoms. The Balaban J connectivity index is 2.02. The van der Waals surface area contributed by atoms with E-state index in [1.807, 2.05) is 0 Å². The molecular formula is C13H18N2O3. The van der Waals surface area contributed by atoms with Crippen LogP contribution in [0.15, 0.2) is 12.3 Å². The molecule has 0 aliphatic carbocycles. The van der Waals surface area contributed by atoms with Gasteiger partial charge in [-0.2, -0.15) is 0 Å². The number of aromatic nitrogens is 1. The summed E-state index contributed by atoms with van der Waals surface area (Å²) in [6.45, 7) is 3.80. The number of rotatable bonds is 3. The van der Waals surface area contributed by atoms with Crippen molar-refractivity contribution in [1.82, 2.24) is 9.88 Å². The summed E-state index contributed by atoms with van der Waals surface area (Å²) in [6, 6.07) is 1.74. The van der Waals surface area contributed by atoms with Crippen molar-refractivity contribution in [2.45, 2.75) is 25.9 Å². The molecule has 0 aromatic carbocycles. The molecule has 2 rings (SSSR count). The molecule has 0 amide bonds. The number of carbonyl (C=O) groups is 1. The monoisotopic (exact) mass is 250 g/mol. The molecule has 1 aromatic heterocycles. The van der Waals surface area contributed by atoms with Crippen LogP contribution >= 0.6 is 0 Å². The van der Waals surface area contributed by atoms with E-state index in [0.29, 0.717) is 11.3 Å². The maximum absolute atomic E-state index is 10.9. The van der Waals surface area contributed by atoms with Crippen molar-refractivity contribution in [2.75, 3.05) is 20.1 Å². The molecule has 0 radical (unpaired) electrons. The van der Waals surface area contributed by atoms with Gasteiger partial charge in [-0.3, -0.25) is 0 Å². The number of hydrogen-bond acceptors (Lipinski definition) is 4. The van der Waals surface area contributed by atoms with Crippen LogP contribution < -0.4 is 4.74 Å². The molecule has 0 saturated carbocycles. The van der Waals surface area contributed by atoms with E-state index in [-0.39, 0.29) is 11.8 Å². The fourth-order valence-corrected chi connectivity index (χ4v) is 2.13. The quantitative estimate of drug-likeness (QED) is 0.882. The first kappa shape index (κ1) is 12.8. The molecule has 0 unspecified atom stereocenters. The highest BCUT2D eigenvalue weighted by molar-refractivity contribution is 5.87. The average molecular weight is 250 g/mol. The van der Waals surface area contributed by atoms with E-state index < -0.39 is 5.97 Å². The zero-order valence-electron chi connectivity index (χ0n) is 10.7. The number of pyridine rings is 1. The molecule has 1 aliphatic rings. The Hall–Kier alpha value is -1.62. The van der Waals surface area contributed by atoms with Gasteiger partial charge in [0, 0.05) is 13.1 Å². The van der Waals surface area contributed by atoms with Gasteiger partial charge in [0.25, 0.3) is 0 Å². The van der Waals surface area contributed by atoms with Gasteiger partial charge in [-0.25, -0.2) is 9.78 Å². The molecule has 1 saturated heterocycles. The lowest BCUT2D eigenvalue weighted by Gasteiger charge is -2.29. The first-order valence-electron chi connectivity index (χ1n) is 6.11. The van der Waals surface area contributed by atoms with E-state index in [0.717, 1.165) is 25.9 Å². The Morgan fingerprint density at radius 1 is 1.50 bits per heavy atom. The summed E-state index contributed by atoms with van der Waals surface area (Å²) in [5.41, 5.74) is 0.721. The summed E-state index contributed by atoms with van der Waals surface area (Å²) >= 11 is 0. The van der Waals surface area contributed by atoms with Gasteiger partial charge in [-0.1, -0.05) is 0 Å². The van der Waals surface area contributed by atoms with Crippen LogP contribution in [-0.4, -0.2) is 47.2 Å². The number of nitrogens with zero attached hydrogens (tertiary/aromatic N) is 2. The first-order chi connectivity index (χ1) is 8.56. The predicted octanol–water partition coefficient (Wildman–Crippen LogP) is 1.56. The van der Waals surface area contributed by atoms with Gasteiger partial charge in [-0.15, -0.1) is 0 Å². The van der Waals surface area contributed by atoms with Crippen LogP contribution in [0.3, 0.4) is 0 Å². The van der Waals surface area contributed by atoms with Gasteiger partial charge in [0.2, 0.25) is 0 Å². The van der Waals surface area contributed by atoms with Crippen LogP contribution in [0, 0.1) is 6.92 Å². The number of carboxylic acids is 1. The van der Waals surface area contributed by atoms with Gasteiger partial charge >= 0.3 is 5.97 Å². The topological polar surface area (TPSA) is 62.7 Å². The zero-order chi connectivity index (χ0) is 13.1. The summed E-state index contributed by atoms with van der Waals surface area (Å²) in [5.74, 6) is -0.342. The number of hydrogen-bond donors (Lipinski definition) is 1. The van der Waals surface area contributed by atoms with Crippen LogP contribution in [0.5, 0.6) is 5.75 Å². The second-order valence-corrected chi connectivity index (χ2v) is 4.76. The summed E-state index contributed by atoms with van der Waals surface area (Å²) in [4.78, 5) is 17.0. The highest BCUT2D eigenvalue weighted by Gasteiger charge is 2.18. The Labute approximate surface area is 106 Å². The standard InChI is InChI=1S/C13H18N2O3/c1-9-7-11(8-14-12(9)13(16)17)18-10-3-5-15(2)6-4-10/h7-8,10H,3-6H2,1-2H3,(H,16,17). The van der Waals surface area contributed by atoms with Crippen molar-refractivity contribution in [1.29, 1.82) is 0 Å². The van der Waals surface area contributed by atoms with Crippen molar-refractivity contribution in [3.8, 4) is 5.75 Å². The largest absolute Gasteiger partial charge is 0.489 e. The number of aryl methyl sites for hydroxylation is 1.